The molecule has 0 aliphatic heterocycles. The first-order chi connectivity index (χ1) is 5.79. The molecule has 0 spiro atoms. The van der Waals surface area contributed by atoms with Crippen LogP contribution >= 0.6 is 0 Å². The van der Waals surface area contributed by atoms with Gasteiger partial charge in [-0.05, 0) is 31.1 Å². The van der Waals surface area contributed by atoms with Gasteiger partial charge in [0.15, 0.2) is 0 Å². The lowest BCUT2D eigenvalue weighted by Crippen LogP contribution is -2.27. The van der Waals surface area contributed by atoms with Crippen LogP contribution in [-0.4, -0.2) is 11.1 Å². The summed E-state index contributed by atoms with van der Waals surface area (Å²) in [4.78, 5) is 10.9. The number of hydrogen-bond acceptors (Lipinski definition) is 1. The lowest BCUT2D eigenvalue weighted by molar-refractivity contribution is -0.144. The van der Waals surface area contributed by atoms with Crippen molar-refractivity contribution in [1.82, 2.24) is 0 Å². The molecule has 66 valence electrons. The molecule has 0 heterocycles. The van der Waals surface area contributed by atoms with E-state index in [1.54, 1.807) is 0 Å². The molecule has 1 fully saturated rings. The third kappa shape index (κ3) is 1.15. The van der Waals surface area contributed by atoms with Crippen molar-refractivity contribution in [2.75, 3.05) is 0 Å². The summed E-state index contributed by atoms with van der Waals surface area (Å²) in [7, 11) is 0. The van der Waals surface area contributed by atoms with Crippen molar-refractivity contribution in [2.45, 2.75) is 25.7 Å². The molecule has 0 bridgehead atoms. The Labute approximate surface area is 72.3 Å². The second-order valence-corrected chi connectivity index (χ2v) is 3.87. The van der Waals surface area contributed by atoms with Crippen LogP contribution in [-0.2, 0) is 4.79 Å². The number of hydrogen-bond donors (Lipinski definition) is 1. The fraction of sp³-hybridized carbons (Fsp3) is 0.700. The lowest BCUT2D eigenvalue weighted by atomic mass is 9.78. The summed E-state index contributed by atoms with van der Waals surface area (Å²) in [6, 6.07) is 0. The minimum Gasteiger partial charge on any atom is -0.481 e. The van der Waals surface area contributed by atoms with E-state index in [-0.39, 0.29) is 5.92 Å². The van der Waals surface area contributed by atoms with Crippen molar-refractivity contribution >= 4 is 5.97 Å². The molecule has 0 aromatic heterocycles. The van der Waals surface area contributed by atoms with Crippen LogP contribution in [0, 0.1) is 17.8 Å². The quantitative estimate of drug-likeness (QED) is 0.605. The van der Waals surface area contributed by atoms with Gasteiger partial charge in [0, 0.05) is 0 Å². The number of aliphatic carboxylic acids is 1. The second kappa shape index (κ2) is 2.92. The molecule has 0 saturated heterocycles. The normalized spacial score (nSPS) is 39.5. The Morgan fingerprint density at radius 1 is 1.42 bits per heavy atom. The van der Waals surface area contributed by atoms with Gasteiger partial charge >= 0.3 is 5.97 Å². The minimum atomic E-state index is -0.601. The van der Waals surface area contributed by atoms with E-state index in [0.29, 0.717) is 11.8 Å². The van der Waals surface area contributed by atoms with Crippen LogP contribution in [0.2, 0.25) is 0 Å². The van der Waals surface area contributed by atoms with Crippen molar-refractivity contribution < 1.29 is 9.90 Å². The third-order valence-corrected chi connectivity index (χ3v) is 3.23. The predicted molar refractivity (Wildman–Crippen MR) is 45.7 cm³/mol. The summed E-state index contributed by atoms with van der Waals surface area (Å²) >= 11 is 0. The Bertz CT molecular complexity index is 220. The summed E-state index contributed by atoms with van der Waals surface area (Å²) in [5.74, 6) is 0.311. The molecule has 2 rings (SSSR count). The molecule has 0 aromatic rings. The number of allylic oxidation sites excluding steroid dienone is 2. The predicted octanol–water partition coefficient (Wildman–Crippen LogP) is 2.06. The summed E-state index contributed by atoms with van der Waals surface area (Å²) < 4.78 is 0. The van der Waals surface area contributed by atoms with Crippen LogP contribution in [0.5, 0.6) is 0 Å². The molecular weight excluding hydrogens is 152 g/mol. The molecule has 2 aliphatic carbocycles. The zero-order valence-corrected chi connectivity index (χ0v) is 7.07. The van der Waals surface area contributed by atoms with E-state index in [2.05, 4.69) is 6.08 Å². The molecule has 2 aliphatic rings. The maximum Gasteiger partial charge on any atom is 0.307 e. The van der Waals surface area contributed by atoms with E-state index in [1.165, 1.54) is 12.8 Å². The van der Waals surface area contributed by atoms with Gasteiger partial charge in [-0.3, -0.25) is 4.79 Å². The van der Waals surface area contributed by atoms with E-state index < -0.39 is 5.97 Å². The highest BCUT2D eigenvalue weighted by atomic mass is 16.4. The first kappa shape index (κ1) is 7.84. The standard InChI is InChI=1S/C10H14O2/c11-10(12)9-6-2-4-7-3-1-5-8(7)9/h2,4,7-9H,1,3,5-6H2,(H,11,12)/t7-,8-,9+/m1/s1. The summed E-state index contributed by atoms with van der Waals surface area (Å²) in [5, 5.41) is 8.95. The smallest absolute Gasteiger partial charge is 0.307 e. The highest BCUT2D eigenvalue weighted by molar-refractivity contribution is 5.71. The Morgan fingerprint density at radius 3 is 3.00 bits per heavy atom. The third-order valence-electron chi connectivity index (χ3n) is 3.23. The molecule has 1 N–H and O–H groups in total. The van der Waals surface area contributed by atoms with E-state index in [4.69, 9.17) is 5.11 Å². The van der Waals surface area contributed by atoms with E-state index in [1.807, 2.05) is 6.08 Å². The fourth-order valence-electron chi connectivity index (χ4n) is 2.61. The van der Waals surface area contributed by atoms with E-state index in [9.17, 15) is 4.79 Å². The second-order valence-electron chi connectivity index (χ2n) is 3.87. The van der Waals surface area contributed by atoms with Crippen molar-refractivity contribution in [2.24, 2.45) is 17.8 Å². The lowest BCUT2D eigenvalue weighted by Gasteiger charge is -2.26. The van der Waals surface area contributed by atoms with Gasteiger partial charge in [-0.15, -0.1) is 0 Å². The van der Waals surface area contributed by atoms with Crippen molar-refractivity contribution in [3.63, 3.8) is 0 Å². The molecule has 0 amide bonds. The highest BCUT2D eigenvalue weighted by Gasteiger charge is 2.37. The Hall–Kier alpha value is -0.790. The van der Waals surface area contributed by atoms with Gasteiger partial charge in [-0.25, -0.2) is 0 Å². The van der Waals surface area contributed by atoms with Crippen molar-refractivity contribution in [1.29, 1.82) is 0 Å². The maximum absolute atomic E-state index is 10.9. The average Bonchev–Trinajstić information content (AvgIpc) is 2.49. The molecule has 0 unspecified atom stereocenters. The van der Waals surface area contributed by atoms with Crippen LogP contribution in [0.1, 0.15) is 25.7 Å². The topological polar surface area (TPSA) is 37.3 Å². The number of carboxylic acids is 1. The molecule has 2 nitrogen and oxygen atoms in total. The zero-order valence-electron chi connectivity index (χ0n) is 7.07. The summed E-state index contributed by atoms with van der Waals surface area (Å²) in [6.07, 6.45) is 8.54. The van der Waals surface area contributed by atoms with Gasteiger partial charge in [-0.1, -0.05) is 18.6 Å². The average molecular weight is 166 g/mol. The first-order valence-corrected chi connectivity index (χ1v) is 4.68. The van der Waals surface area contributed by atoms with Crippen LogP contribution in [0.25, 0.3) is 0 Å². The van der Waals surface area contributed by atoms with Gasteiger partial charge in [0.1, 0.15) is 0 Å². The Balaban J connectivity index is 2.16. The SMILES string of the molecule is O=C(O)[C@H]1CC=C[C@H]2CCC[C@@H]12. The number of carboxylic acid groups (broad SMARTS) is 1. The van der Waals surface area contributed by atoms with E-state index >= 15 is 0 Å². The molecule has 0 radical (unpaired) electrons. The summed E-state index contributed by atoms with van der Waals surface area (Å²) in [6.45, 7) is 0. The first-order valence-electron chi connectivity index (χ1n) is 4.68. The summed E-state index contributed by atoms with van der Waals surface area (Å²) in [5.41, 5.74) is 0. The number of fused-ring (bicyclic) bond motifs is 1. The minimum absolute atomic E-state index is 0.0949. The van der Waals surface area contributed by atoms with Crippen molar-refractivity contribution in [3.05, 3.63) is 12.2 Å². The zero-order chi connectivity index (χ0) is 8.55. The van der Waals surface area contributed by atoms with E-state index in [0.717, 1.165) is 12.8 Å². The molecule has 1 saturated carbocycles. The Kier molecular flexibility index (Phi) is 1.91. The monoisotopic (exact) mass is 166 g/mol. The molecule has 3 atom stereocenters. The molecule has 12 heavy (non-hydrogen) atoms. The van der Waals surface area contributed by atoms with Crippen LogP contribution in [0.4, 0.5) is 0 Å². The fourth-order valence-corrected chi connectivity index (χ4v) is 2.61. The Morgan fingerprint density at radius 2 is 2.25 bits per heavy atom. The van der Waals surface area contributed by atoms with Crippen LogP contribution in [0.15, 0.2) is 12.2 Å². The van der Waals surface area contributed by atoms with Crippen molar-refractivity contribution in [3.8, 4) is 0 Å². The largest absolute Gasteiger partial charge is 0.481 e. The molecule has 2 heteroatoms. The molecule has 0 aromatic carbocycles. The van der Waals surface area contributed by atoms with Gasteiger partial charge in [0.05, 0.1) is 5.92 Å². The van der Waals surface area contributed by atoms with Gasteiger partial charge in [-0.2, -0.15) is 0 Å². The maximum atomic E-state index is 10.9. The molecular formula is C10H14O2. The van der Waals surface area contributed by atoms with Crippen LogP contribution < -0.4 is 0 Å². The van der Waals surface area contributed by atoms with Gasteiger partial charge < -0.3 is 5.11 Å². The number of carbonyl (C=O) groups is 1. The van der Waals surface area contributed by atoms with Gasteiger partial charge in [0.25, 0.3) is 0 Å². The highest BCUT2D eigenvalue weighted by Crippen LogP contribution is 2.42. The van der Waals surface area contributed by atoms with Crippen LogP contribution in [0.3, 0.4) is 0 Å². The number of rotatable bonds is 1. The van der Waals surface area contributed by atoms with Gasteiger partial charge in [0.2, 0.25) is 0 Å².